The fourth-order valence-electron chi connectivity index (χ4n) is 0.679. The van der Waals surface area contributed by atoms with Crippen LogP contribution in [0.3, 0.4) is 0 Å². The quantitative estimate of drug-likeness (QED) is 0.647. The summed E-state index contributed by atoms with van der Waals surface area (Å²) in [6, 6.07) is 0.301. The summed E-state index contributed by atoms with van der Waals surface area (Å²) >= 11 is 0. The number of rotatable bonds is 5. The SMILES string of the molecule is CCC[CH]C(=O)NC(C)CC. The molecule has 0 heterocycles. The van der Waals surface area contributed by atoms with Gasteiger partial charge in [-0.15, -0.1) is 0 Å². The molecule has 11 heavy (non-hydrogen) atoms. The van der Waals surface area contributed by atoms with Crippen LogP contribution in [0.1, 0.15) is 40.0 Å². The summed E-state index contributed by atoms with van der Waals surface area (Å²) in [6.45, 7) is 6.13. The van der Waals surface area contributed by atoms with Gasteiger partial charge in [-0.3, -0.25) is 4.79 Å². The molecule has 0 aromatic carbocycles. The average molecular weight is 156 g/mol. The topological polar surface area (TPSA) is 29.1 Å². The number of carbonyl (C=O) groups excluding carboxylic acids is 1. The van der Waals surface area contributed by atoms with Gasteiger partial charge in [0, 0.05) is 12.5 Å². The van der Waals surface area contributed by atoms with Crippen molar-refractivity contribution in [3.63, 3.8) is 0 Å². The second kappa shape index (κ2) is 6.20. The van der Waals surface area contributed by atoms with Crippen molar-refractivity contribution in [1.82, 2.24) is 5.32 Å². The summed E-state index contributed by atoms with van der Waals surface area (Å²) in [5, 5.41) is 2.87. The van der Waals surface area contributed by atoms with Crippen molar-refractivity contribution >= 4 is 5.91 Å². The van der Waals surface area contributed by atoms with Crippen LogP contribution in [0.5, 0.6) is 0 Å². The Balaban J connectivity index is 3.36. The first-order valence-electron chi connectivity index (χ1n) is 4.34. The molecule has 0 aliphatic rings. The molecule has 1 atom stereocenters. The van der Waals surface area contributed by atoms with Crippen LogP contribution in [0, 0.1) is 6.42 Å². The summed E-state index contributed by atoms with van der Waals surface area (Å²) in [5.41, 5.74) is 0. The molecule has 0 fully saturated rings. The van der Waals surface area contributed by atoms with Gasteiger partial charge in [0.05, 0.1) is 0 Å². The summed E-state index contributed by atoms with van der Waals surface area (Å²) in [7, 11) is 0. The smallest absolute Gasteiger partial charge is 0.224 e. The van der Waals surface area contributed by atoms with Crippen molar-refractivity contribution in [2.75, 3.05) is 0 Å². The summed E-state index contributed by atoms with van der Waals surface area (Å²) in [4.78, 5) is 11.0. The maximum absolute atomic E-state index is 11.0. The third-order valence-corrected chi connectivity index (χ3v) is 1.62. The van der Waals surface area contributed by atoms with E-state index >= 15 is 0 Å². The fraction of sp³-hybridized carbons (Fsp3) is 0.778. The molecule has 65 valence electrons. The minimum Gasteiger partial charge on any atom is -0.353 e. The highest BCUT2D eigenvalue weighted by Crippen LogP contribution is 1.94. The van der Waals surface area contributed by atoms with E-state index < -0.39 is 0 Å². The Hall–Kier alpha value is -0.530. The Morgan fingerprint density at radius 3 is 2.64 bits per heavy atom. The van der Waals surface area contributed by atoms with Crippen LogP contribution in [0.4, 0.5) is 0 Å². The van der Waals surface area contributed by atoms with E-state index in [0.29, 0.717) is 6.04 Å². The van der Waals surface area contributed by atoms with Crippen molar-refractivity contribution < 1.29 is 4.79 Å². The van der Waals surface area contributed by atoms with Crippen LogP contribution in [0.25, 0.3) is 0 Å². The third-order valence-electron chi connectivity index (χ3n) is 1.62. The molecule has 0 saturated heterocycles. The normalized spacial score (nSPS) is 12.6. The molecular formula is C9H18NO. The van der Waals surface area contributed by atoms with Gasteiger partial charge in [0.25, 0.3) is 0 Å². The van der Waals surface area contributed by atoms with Gasteiger partial charge < -0.3 is 5.32 Å². The monoisotopic (exact) mass is 156 g/mol. The van der Waals surface area contributed by atoms with Gasteiger partial charge in [-0.05, 0) is 19.8 Å². The second-order valence-corrected chi connectivity index (χ2v) is 2.81. The zero-order valence-electron chi connectivity index (χ0n) is 7.68. The number of unbranched alkanes of at least 4 members (excludes halogenated alkanes) is 1. The first-order chi connectivity index (χ1) is 5.20. The molecule has 1 radical (unpaired) electrons. The maximum Gasteiger partial charge on any atom is 0.224 e. The molecule has 0 aromatic rings. The Morgan fingerprint density at radius 1 is 1.55 bits per heavy atom. The van der Waals surface area contributed by atoms with Gasteiger partial charge in [-0.2, -0.15) is 0 Å². The van der Waals surface area contributed by atoms with Crippen LogP contribution in [0.2, 0.25) is 0 Å². The fourth-order valence-corrected chi connectivity index (χ4v) is 0.679. The molecule has 1 amide bonds. The van der Waals surface area contributed by atoms with Crippen molar-refractivity contribution in [3.8, 4) is 0 Å². The Morgan fingerprint density at radius 2 is 2.18 bits per heavy atom. The number of hydrogen-bond acceptors (Lipinski definition) is 1. The van der Waals surface area contributed by atoms with E-state index in [1.54, 1.807) is 6.42 Å². The van der Waals surface area contributed by atoms with Crippen molar-refractivity contribution in [3.05, 3.63) is 6.42 Å². The van der Waals surface area contributed by atoms with E-state index in [0.717, 1.165) is 19.3 Å². The molecule has 0 rings (SSSR count). The van der Waals surface area contributed by atoms with Crippen LogP contribution < -0.4 is 5.32 Å². The minimum absolute atomic E-state index is 0.0706. The molecule has 1 unspecified atom stereocenters. The number of amides is 1. The lowest BCUT2D eigenvalue weighted by Crippen LogP contribution is -2.31. The van der Waals surface area contributed by atoms with E-state index in [1.807, 2.05) is 6.92 Å². The number of nitrogens with one attached hydrogen (secondary N) is 1. The molecule has 1 N–H and O–H groups in total. The number of hydrogen-bond donors (Lipinski definition) is 1. The van der Waals surface area contributed by atoms with Gasteiger partial charge >= 0.3 is 0 Å². The second-order valence-electron chi connectivity index (χ2n) is 2.81. The lowest BCUT2D eigenvalue weighted by Gasteiger charge is -2.10. The summed E-state index contributed by atoms with van der Waals surface area (Å²) in [5.74, 6) is 0.0706. The maximum atomic E-state index is 11.0. The Bertz CT molecular complexity index is 112. The van der Waals surface area contributed by atoms with Crippen LogP contribution in [0.15, 0.2) is 0 Å². The Kier molecular flexibility index (Phi) is 5.90. The first-order valence-corrected chi connectivity index (χ1v) is 4.34. The predicted molar refractivity (Wildman–Crippen MR) is 47.1 cm³/mol. The van der Waals surface area contributed by atoms with E-state index in [4.69, 9.17) is 0 Å². The van der Waals surface area contributed by atoms with Crippen molar-refractivity contribution in [2.45, 2.75) is 46.1 Å². The minimum atomic E-state index is 0.0706. The van der Waals surface area contributed by atoms with Gasteiger partial charge in [-0.1, -0.05) is 20.3 Å². The van der Waals surface area contributed by atoms with E-state index in [2.05, 4.69) is 19.2 Å². The largest absolute Gasteiger partial charge is 0.353 e. The molecule has 0 aliphatic heterocycles. The van der Waals surface area contributed by atoms with Gasteiger partial charge in [-0.25, -0.2) is 0 Å². The molecule has 0 bridgehead atoms. The van der Waals surface area contributed by atoms with Crippen LogP contribution in [-0.4, -0.2) is 11.9 Å². The average Bonchev–Trinajstić information content (AvgIpc) is 2.00. The zero-order chi connectivity index (χ0) is 8.69. The van der Waals surface area contributed by atoms with E-state index in [9.17, 15) is 4.79 Å². The van der Waals surface area contributed by atoms with E-state index in [1.165, 1.54) is 0 Å². The zero-order valence-corrected chi connectivity index (χ0v) is 7.68. The molecule has 0 spiro atoms. The highest BCUT2D eigenvalue weighted by atomic mass is 16.1. The first kappa shape index (κ1) is 10.5. The van der Waals surface area contributed by atoms with Gasteiger partial charge in [0.2, 0.25) is 5.91 Å². The highest BCUT2D eigenvalue weighted by Gasteiger charge is 2.03. The summed E-state index contributed by atoms with van der Waals surface area (Å²) in [6.07, 6.45) is 4.62. The summed E-state index contributed by atoms with van der Waals surface area (Å²) < 4.78 is 0. The lowest BCUT2D eigenvalue weighted by molar-refractivity contribution is -0.118. The molecule has 0 aromatic heterocycles. The molecule has 2 heteroatoms. The lowest BCUT2D eigenvalue weighted by atomic mass is 10.2. The standard InChI is InChI=1S/C9H18NO/c1-4-6-7-9(11)10-8(3)5-2/h7-8H,4-6H2,1-3H3,(H,10,11). The van der Waals surface area contributed by atoms with Crippen LogP contribution in [-0.2, 0) is 4.79 Å². The van der Waals surface area contributed by atoms with E-state index in [-0.39, 0.29) is 5.91 Å². The van der Waals surface area contributed by atoms with Crippen LogP contribution >= 0.6 is 0 Å². The van der Waals surface area contributed by atoms with Gasteiger partial charge in [0.15, 0.2) is 0 Å². The highest BCUT2D eigenvalue weighted by molar-refractivity contribution is 5.84. The third kappa shape index (κ3) is 5.89. The van der Waals surface area contributed by atoms with Gasteiger partial charge in [0.1, 0.15) is 0 Å². The number of carbonyl (C=O) groups is 1. The van der Waals surface area contributed by atoms with Crippen molar-refractivity contribution in [1.29, 1.82) is 0 Å². The molecule has 0 saturated carbocycles. The molecular weight excluding hydrogens is 138 g/mol. The molecule has 2 nitrogen and oxygen atoms in total. The molecule has 0 aliphatic carbocycles. The van der Waals surface area contributed by atoms with Crippen molar-refractivity contribution in [2.24, 2.45) is 0 Å². The predicted octanol–water partition coefficient (Wildman–Crippen LogP) is 1.91. The Labute approximate surface area is 69.4 Å².